The standard InChI is InChI=1S/C15H16N2O4/c1-9(12(18)16-7-15(2,21)8-16)17-13(19)10-5-3-4-6-11(10)14(17)20/h3-6,9,21H,7-8H2,1-2H3. The van der Waals surface area contributed by atoms with Crippen LogP contribution >= 0.6 is 0 Å². The first-order valence-electron chi connectivity index (χ1n) is 6.80. The second-order valence-electron chi connectivity index (χ2n) is 5.89. The maximum absolute atomic E-state index is 12.3. The predicted molar refractivity (Wildman–Crippen MR) is 73.6 cm³/mol. The van der Waals surface area contributed by atoms with E-state index in [9.17, 15) is 19.5 Å². The normalized spacial score (nSPS) is 21.1. The number of imide groups is 1. The van der Waals surface area contributed by atoms with Gasteiger partial charge in [-0.15, -0.1) is 0 Å². The van der Waals surface area contributed by atoms with Crippen LogP contribution < -0.4 is 0 Å². The molecule has 6 heteroatoms. The Bertz CT molecular complexity index is 610. The number of likely N-dealkylation sites (tertiary alicyclic amines) is 1. The summed E-state index contributed by atoms with van der Waals surface area (Å²) in [5, 5.41) is 9.68. The number of carbonyl (C=O) groups is 3. The highest BCUT2D eigenvalue weighted by atomic mass is 16.3. The van der Waals surface area contributed by atoms with Gasteiger partial charge in [-0.1, -0.05) is 12.1 Å². The van der Waals surface area contributed by atoms with Crippen LogP contribution in [-0.4, -0.2) is 57.4 Å². The minimum Gasteiger partial charge on any atom is -0.386 e. The van der Waals surface area contributed by atoms with Crippen molar-refractivity contribution in [1.82, 2.24) is 9.80 Å². The Morgan fingerprint density at radius 2 is 1.67 bits per heavy atom. The average molecular weight is 288 g/mol. The van der Waals surface area contributed by atoms with Crippen molar-refractivity contribution in [2.75, 3.05) is 13.1 Å². The van der Waals surface area contributed by atoms with E-state index in [0.29, 0.717) is 11.1 Å². The molecule has 1 aromatic rings. The number of hydrogen-bond donors (Lipinski definition) is 1. The van der Waals surface area contributed by atoms with Crippen molar-refractivity contribution in [3.05, 3.63) is 35.4 Å². The summed E-state index contributed by atoms with van der Waals surface area (Å²) in [6, 6.07) is 5.68. The Morgan fingerprint density at radius 3 is 2.10 bits per heavy atom. The van der Waals surface area contributed by atoms with Crippen molar-refractivity contribution in [2.24, 2.45) is 0 Å². The van der Waals surface area contributed by atoms with Crippen LogP contribution in [0, 0.1) is 0 Å². The molecule has 0 saturated carbocycles. The van der Waals surface area contributed by atoms with Crippen LogP contribution in [-0.2, 0) is 4.79 Å². The maximum atomic E-state index is 12.3. The molecule has 1 N–H and O–H groups in total. The van der Waals surface area contributed by atoms with Gasteiger partial charge in [0.15, 0.2) is 0 Å². The number of carbonyl (C=O) groups excluding carboxylic acids is 3. The molecular weight excluding hydrogens is 272 g/mol. The molecule has 0 spiro atoms. The van der Waals surface area contributed by atoms with E-state index < -0.39 is 23.5 Å². The molecule has 3 rings (SSSR count). The van der Waals surface area contributed by atoms with Crippen LogP contribution in [0.5, 0.6) is 0 Å². The smallest absolute Gasteiger partial charge is 0.262 e. The van der Waals surface area contributed by atoms with Crippen molar-refractivity contribution in [3.63, 3.8) is 0 Å². The first kappa shape index (κ1) is 13.8. The van der Waals surface area contributed by atoms with Gasteiger partial charge in [-0.2, -0.15) is 0 Å². The molecule has 0 aliphatic carbocycles. The lowest BCUT2D eigenvalue weighted by atomic mass is 9.96. The number of amides is 3. The van der Waals surface area contributed by atoms with Gasteiger partial charge in [-0.05, 0) is 26.0 Å². The van der Waals surface area contributed by atoms with Crippen LogP contribution in [0.3, 0.4) is 0 Å². The molecule has 0 aromatic heterocycles. The zero-order valence-corrected chi connectivity index (χ0v) is 11.9. The molecule has 6 nitrogen and oxygen atoms in total. The van der Waals surface area contributed by atoms with Crippen molar-refractivity contribution in [1.29, 1.82) is 0 Å². The van der Waals surface area contributed by atoms with E-state index in [4.69, 9.17) is 0 Å². The van der Waals surface area contributed by atoms with Gasteiger partial charge >= 0.3 is 0 Å². The molecule has 0 bridgehead atoms. The average Bonchev–Trinajstić information content (AvgIpc) is 2.67. The van der Waals surface area contributed by atoms with Crippen LogP contribution in [0.4, 0.5) is 0 Å². The number of benzene rings is 1. The maximum Gasteiger partial charge on any atom is 0.262 e. The molecule has 1 fully saturated rings. The summed E-state index contributed by atoms with van der Waals surface area (Å²) in [5.74, 6) is -1.21. The fourth-order valence-corrected chi connectivity index (χ4v) is 2.87. The topological polar surface area (TPSA) is 77.9 Å². The molecule has 1 aromatic carbocycles. The third-order valence-corrected chi connectivity index (χ3v) is 3.94. The predicted octanol–water partition coefficient (Wildman–Crippen LogP) is 0.264. The fraction of sp³-hybridized carbons (Fsp3) is 0.400. The van der Waals surface area contributed by atoms with Gasteiger partial charge in [-0.25, -0.2) is 0 Å². The van der Waals surface area contributed by atoms with Gasteiger partial charge in [0.05, 0.1) is 29.8 Å². The van der Waals surface area contributed by atoms with Gasteiger partial charge in [-0.3, -0.25) is 19.3 Å². The zero-order chi connectivity index (χ0) is 15.4. The molecule has 110 valence electrons. The van der Waals surface area contributed by atoms with E-state index in [2.05, 4.69) is 0 Å². The Kier molecular flexibility index (Phi) is 2.88. The van der Waals surface area contributed by atoms with Crippen molar-refractivity contribution in [2.45, 2.75) is 25.5 Å². The second-order valence-corrected chi connectivity index (χ2v) is 5.89. The van der Waals surface area contributed by atoms with Crippen molar-refractivity contribution in [3.8, 4) is 0 Å². The molecule has 2 aliphatic rings. The van der Waals surface area contributed by atoms with Gasteiger partial charge in [0, 0.05) is 0 Å². The minimum absolute atomic E-state index is 0.222. The van der Waals surface area contributed by atoms with Crippen LogP contribution in [0.25, 0.3) is 0 Å². The number of rotatable bonds is 2. The third kappa shape index (κ3) is 2.03. The first-order chi connectivity index (χ1) is 9.82. The Balaban J connectivity index is 1.81. The summed E-state index contributed by atoms with van der Waals surface area (Å²) >= 11 is 0. The summed E-state index contributed by atoms with van der Waals surface area (Å²) in [6.07, 6.45) is 0. The van der Waals surface area contributed by atoms with E-state index in [1.54, 1.807) is 31.2 Å². The SMILES string of the molecule is CC(C(=O)N1CC(C)(O)C1)N1C(=O)c2ccccc2C1=O. The van der Waals surface area contributed by atoms with Gasteiger partial charge in [0.1, 0.15) is 6.04 Å². The van der Waals surface area contributed by atoms with Crippen molar-refractivity contribution >= 4 is 17.7 Å². The lowest BCUT2D eigenvalue weighted by Crippen LogP contribution is -2.65. The first-order valence-corrected chi connectivity index (χ1v) is 6.80. The lowest BCUT2D eigenvalue weighted by molar-refractivity contribution is -0.155. The monoisotopic (exact) mass is 288 g/mol. The molecule has 1 saturated heterocycles. The summed E-state index contributed by atoms with van der Waals surface area (Å²) in [4.78, 5) is 39.4. The summed E-state index contributed by atoms with van der Waals surface area (Å²) in [6.45, 7) is 3.62. The summed E-state index contributed by atoms with van der Waals surface area (Å²) < 4.78 is 0. The quantitative estimate of drug-likeness (QED) is 0.792. The third-order valence-electron chi connectivity index (χ3n) is 3.94. The molecule has 1 unspecified atom stereocenters. The van der Waals surface area contributed by atoms with Crippen molar-refractivity contribution < 1.29 is 19.5 Å². The number of aliphatic hydroxyl groups is 1. The highest BCUT2D eigenvalue weighted by Gasteiger charge is 2.46. The van der Waals surface area contributed by atoms with E-state index in [-0.39, 0.29) is 19.0 Å². The molecule has 2 heterocycles. The van der Waals surface area contributed by atoms with Crippen LogP contribution in [0.2, 0.25) is 0 Å². The zero-order valence-electron chi connectivity index (χ0n) is 11.9. The molecule has 21 heavy (non-hydrogen) atoms. The second kappa shape index (κ2) is 4.39. The molecule has 1 atom stereocenters. The molecule has 0 radical (unpaired) electrons. The van der Waals surface area contributed by atoms with Crippen LogP contribution in [0.15, 0.2) is 24.3 Å². The number of β-amino-alcohol motifs (C(OH)–C–C–N with tert-alkyl or cyclic N) is 1. The van der Waals surface area contributed by atoms with Gasteiger partial charge in [0.25, 0.3) is 11.8 Å². The fourth-order valence-electron chi connectivity index (χ4n) is 2.87. The highest BCUT2D eigenvalue weighted by molar-refractivity contribution is 6.22. The number of hydrogen-bond acceptors (Lipinski definition) is 4. The Morgan fingerprint density at radius 1 is 1.19 bits per heavy atom. The van der Waals surface area contributed by atoms with E-state index in [1.165, 1.54) is 11.8 Å². The molecular formula is C15H16N2O4. The Hall–Kier alpha value is -2.21. The van der Waals surface area contributed by atoms with E-state index in [0.717, 1.165) is 4.90 Å². The van der Waals surface area contributed by atoms with Crippen LogP contribution in [0.1, 0.15) is 34.6 Å². The number of fused-ring (bicyclic) bond motifs is 1. The molecule has 3 amide bonds. The minimum atomic E-state index is -0.878. The van der Waals surface area contributed by atoms with E-state index in [1.807, 2.05) is 0 Å². The highest BCUT2D eigenvalue weighted by Crippen LogP contribution is 2.27. The largest absolute Gasteiger partial charge is 0.386 e. The summed E-state index contributed by atoms with van der Waals surface area (Å²) in [7, 11) is 0. The number of nitrogens with zero attached hydrogens (tertiary/aromatic N) is 2. The van der Waals surface area contributed by atoms with Gasteiger partial charge < -0.3 is 10.0 Å². The van der Waals surface area contributed by atoms with E-state index >= 15 is 0 Å². The summed E-state index contributed by atoms with van der Waals surface area (Å²) in [5.41, 5.74) is -0.215. The van der Waals surface area contributed by atoms with Gasteiger partial charge in [0.2, 0.25) is 5.91 Å². The lowest BCUT2D eigenvalue weighted by Gasteiger charge is -2.45. The molecule has 2 aliphatic heterocycles. The Labute approximate surface area is 122 Å².